The lowest BCUT2D eigenvalue weighted by Gasteiger charge is -2.34. The minimum absolute atomic E-state index is 0.0414. The van der Waals surface area contributed by atoms with Gasteiger partial charge in [0.25, 0.3) is 5.91 Å². The topological polar surface area (TPSA) is 29.5 Å². The summed E-state index contributed by atoms with van der Waals surface area (Å²) in [5.41, 5.74) is 0.535. The molecule has 1 fully saturated rings. The lowest BCUT2D eigenvalue weighted by atomic mass is 10.1. The van der Waals surface area contributed by atoms with Crippen molar-refractivity contribution in [3.05, 3.63) is 33.3 Å². The maximum atomic E-state index is 12.5. The fraction of sp³-hybridized carbons (Fsp3) is 0.417. The van der Waals surface area contributed by atoms with E-state index >= 15 is 0 Å². The van der Waals surface area contributed by atoms with E-state index in [0.29, 0.717) is 35.7 Å². The number of nitrogens with zero attached hydrogens (tertiary/aromatic N) is 1. The van der Waals surface area contributed by atoms with E-state index < -0.39 is 0 Å². The Balaban J connectivity index is 2.24. The predicted molar refractivity (Wildman–Crippen MR) is 78.6 cm³/mol. The van der Waals surface area contributed by atoms with Crippen LogP contribution in [-0.2, 0) is 4.74 Å². The second-order valence-electron chi connectivity index (χ2n) is 4.01. The van der Waals surface area contributed by atoms with Crippen molar-refractivity contribution in [1.82, 2.24) is 4.90 Å². The fourth-order valence-electron chi connectivity index (χ4n) is 1.87. The first-order chi connectivity index (χ1) is 8.63. The molecular formula is C12H12Br2ClNO2. The molecule has 0 spiro atoms. The average molecular weight is 397 g/mol. The second kappa shape index (κ2) is 6.37. The van der Waals surface area contributed by atoms with Gasteiger partial charge in [0, 0.05) is 16.3 Å². The number of amides is 1. The highest BCUT2D eigenvalue weighted by Crippen LogP contribution is 2.24. The van der Waals surface area contributed by atoms with Crippen molar-refractivity contribution in [2.45, 2.75) is 6.04 Å². The summed E-state index contributed by atoms with van der Waals surface area (Å²) < 4.78 is 6.24. The zero-order valence-corrected chi connectivity index (χ0v) is 13.5. The number of rotatable bonds is 2. The van der Waals surface area contributed by atoms with E-state index in [9.17, 15) is 4.79 Å². The molecule has 1 heterocycles. The van der Waals surface area contributed by atoms with Crippen LogP contribution in [0.4, 0.5) is 0 Å². The maximum Gasteiger partial charge on any atom is 0.255 e. The van der Waals surface area contributed by atoms with Gasteiger partial charge in [-0.15, -0.1) is 0 Å². The Labute approximate surface area is 128 Å². The van der Waals surface area contributed by atoms with Crippen LogP contribution in [0.15, 0.2) is 22.7 Å². The molecule has 1 aromatic rings. The van der Waals surface area contributed by atoms with E-state index in [1.807, 2.05) is 11.0 Å². The van der Waals surface area contributed by atoms with Crippen molar-refractivity contribution in [3.63, 3.8) is 0 Å². The minimum Gasteiger partial charge on any atom is -0.377 e. The van der Waals surface area contributed by atoms with Crippen molar-refractivity contribution in [2.24, 2.45) is 0 Å². The standard InChI is InChI=1S/C12H12Br2ClNO2/c13-6-9-7-18-4-3-16(9)12(17)10-2-1-8(14)5-11(10)15/h1-2,5,9H,3-4,6-7H2. The summed E-state index contributed by atoms with van der Waals surface area (Å²) in [6.45, 7) is 1.73. The van der Waals surface area contributed by atoms with Crippen LogP contribution >= 0.6 is 43.5 Å². The Kier molecular flexibility index (Phi) is 5.06. The molecule has 18 heavy (non-hydrogen) atoms. The van der Waals surface area contributed by atoms with Gasteiger partial charge in [0.05, 0.1) is 29.8 Å². The lowest BCUT2D eigenvalue weighted by molar-refractivity contribution is 0.00526. The summed E-state index contributed by atoms with van der Waals surface area (Å²) in [5.74, 6) is -0.0414. The summed E-state index contributed by atoms with van der Waals surface area (Å²) in [7, 11) is 0. The van der Waals surface area contributed by atoms with Crippen LogP contribution < -0.4 is 0 Å². The van der Waals surface area contributed by atoms with Crippen LogP contribution in [0.5, 0.6) is 0 Å². The van der Waals surface area contributed by atoms with Crippen LogP contribution in [0.2, 0.25) is 5.02 Å². The quantitative estimate of drug-likeness (QED) is 0.717. The van der Waals surface area contributed by atoms with Crippen LogP contribution in [-0.4, -0.2) is 41.9 Å². The summed E-state index contributed by atoms with van der Waals surface area (Å²) in [6.07, 6.45) is 0. The van der Waals surface area contributed by atoms with E-state index in [-0.39, 0.29) is 11.9 Å². The molecule has 1 aliphatic rings. The zero-order valence-electron chi connectivity index (χ0n) is 9.54. The Morgan fingerprint density at radius 2 is 2.33 bits per heavy atom. The van der Waals surface area contributed by atoms with Gasteiger partial charge in [-0.3, -0.25) is 4.79 Å². The minimum atomic E-state index is -0.0414. The molecule has 2 rings (SSSR count). The second-order valence-corrected chi connectivity index (χ2v) is 5.98. The number of morpholine rings is 1. The molecule has 1 aliphatic heterocycles. The van der Waals surface area contributed by atoms with Gasteiger partial charge in [0.1, 0.15) is 0 Å². The molecule has 1 saturated heterocycles. The molecule has 6 heteroatoms. The third-order valence-electron chi connectivity index (χ3n) is 2.83. The SMILES string of the molecule is O=C(c1ccc(Br)cc1Cl)N1CCOCC1CBr. The van der Waals surface area contributed by atoms with E-state index in [4.69, 9.17) is 16.3 Å². The van der Waals surface area contributed by atoms with E-state index in [2.05, 4.69) is 31.9 Å². The van der Waals surface area contributed by atoms with Gasteiger partial charge in [0.2, 0.25) is 0 Å². The summed E-state index contributed by atoms with van der Waals surface area (Å²) in [5, 5.41) is 1.17. The molecule has 98 valence electrons. The van der Waals surface area contributed by atoms with Crippen molar-refractivity contribution in [1.29, 1.82) is 0 Å². The van der Waals surface area contributed by atoms with Gasteiger partial charge in [0.15, 0.2) is 0 Å². The van der Waals surface area contributed by atoms with E-state index in [1.165, 1.54) is 0 Å². The molecule has 1 aromatic carbocycles. The lowest BCUT2D eigenvalue weighted by Crippen LogP contribution is -2.49. The van der Waals surface area contributed by atoms with Gasteiger partial charge in [-0.2, -0.15) is 0 Å². The Bertz CT molecular complexity index is 456. The Hall–Kier alpha value is -0.100. The van der Waals surface area contributed by atoms with Crippen LogP contribution in [0.25, 0.3) is 0 Å². The normalized spacial score (nSPS) is 19.9. The Morgan fingerprint density at radius 3 is 3.00 bits per heavy atom. The third-order valence-corrected chi connectivity index (χ3v) is 4.38. The van der Waals surface area contributed by atoms with Gasteiger partial charge >= 0.3 is 0 Å². The highest BCUT2D eigenvalue weighted by molar-refractivity contribution is 9.10. The smallest absolute Gasteiger partial charge is 0.255 e. The average Bonchev–Trinajstić information content (AvgIpc) is 2.38. The maximum absolute atomic E-state index is 12.5. The van der Waals surface area contributed by atoms with Crippen molar-refractivity contribution in [2.75, 3.05) is 25.1 Å². The molecule has 1 amide bonds. The highest BCUT2D eigenvalue weighted by atomic mass is 79.9. The molecule has 1 atom stereocenters. The number of carbonyl (C=O) groups excluding carboxylic acids is 1. The number of carbonyl (C=O) groups is 1. The first-order valence-corrected chi connectivity index (χ1v) is 7.82. The van der Waals surface area contributed by atoms with Gasteiger partial charge in [-0.05, 0) is 18.2 Å². The zero-order chi connectivity index (χ0) is 13.1. The van der Waals surface area contributed by atoms with Crippen LogP contribution in [0.3, 0.4) is 0 Å². The largest absolute Gasteiger partial charge is 0.377 e. The monoisotopic (exact) mass is 395 g/mol. The molecule has 1 unspecified atom stereocenters. The highest BCUT2D eigenvalue weighted by Gasteiger charge is 2.28. The van der Waals surface area contributed by atoms with E-state index in [0.717, 1.165) is 4.47 Å². The molecule has 0 aromatic heterocycles. The fourth-order valence-corrected chi connectivity index (χ4v) is 3.16. The molecule has 0 bridgehead atoms. The molecule has 0 aliphatic carbocycles. The van der Waals surface area contributed by atoms with Gasteiger partial charge in [-0.1, -0.05) is 43.5 Å². The van der Waals surface area contributed by atoms with Crippen molar-refractivity contribution >= 4 is 49.4 Å². The first-order valence-electron chi connectivity index (χ1n) is 5.53. The predicted octanol–water partition coefficient (Wildman–Crippen LogP) is 3.34. The number of hydrogen-bond donors (Lipinski definition) is 0. The van der Waals surface area contributed by atoms with Gasteiger partial charge < -0.3 is 9.64 Å². The molecular weight excluding hydrogens is 385 g/mol. The number of benzene rings is 1. The van der Waals surface area contributed by atoms with Crippen LogP contribution in [0.1, 0.15) is 10.4 Å². The van der Waals surface area contributed by atoms with Crippen LogP contribution in [0, 0.1) is 0 Å². The molecule has 3 nitrogen and oxygen atoms in total. The van der Waals surface area contributed by atoms with Crippen molar-refractivity contribution in [3.8, 4) is 0 Å². The third kappa shape index (κ3) is 3.07. The van der Waals surface area contributed by atoms with Crippen molar-refractivity contribution < 1.29 is 9.53 Å². The number of alkyl halides is 1. The Morgan fingerprint density at radius 1 is 1.56 bits per heavy atom. The number of halogens is 3. The molecule has 0 radical (unpaired) electrons. The number of hydrogen-bond acceptors (Lipinski definition) is 2. The summed E-state index contributed by atoms with van der Waals surface area (Å²) >= 11 is 12.9. The summed E-state index contributed by atoms with van der Waals surface area (Å²) in [6, 6.07) is 5.36. The summed E-state index contributed by atoms with van der Waals surface area (Å²) in [4.78, 5) is 14.3. The van der Waals surface area contributed by atoms with E-state index in [1.54, 1.807) is 12.1 Å². The molecule has 0 saturated carbocycles. The first kappa shape index (κ1) is 14.3. The molecule has 0 N–H and O–H groups in total. The van der Waals surface area contributed by atoms with Gasteiger partial charge in [-0.25, -0.2) is 0 Å². The number of ether oxygens (including phenoxy) is 1.